The highest BCUT2D eigenvalue weighted by molar-refractivity contribution is 6.37. The van der Waals surface area contributed by atoms with Crippen LogP contribution in [0, 0.1) is 0 Å². The number of imide groups is 1. The van der Waals surface area contributed by atoms with E-state index in [1.165, 1.54) is 12.0 Å². The van der Waals surface area contributed by atoms with E-state index in [0.29, 0.717) is 33.3 Å². The molecule has 1 aliphatic heterocycles. The second kappa shape index (κ2) is 9.16. The van der Waals surface area contributed by atoms with E-state index in [9.17, 15) is 9.59 Å². The molecule has 0 spiro atoms. The minimum absolute atomic E-state index is 0.0487. The van der Waals surface area contributed by atoms with Crippen molar-refractivity contribution in [2.45, 2.75) is 6.54 Å². The molecule has 0 saturated heterocycles. The molecule has 6 nitrogen and oxygen atoms in total. The van der Waals surface area contributed by atoms with Crippen LogP contribution in [0.2, 0.25) is 5.02 Å². The molecule has 0 aliphatic carbocycles. The first kappa shape index (κ1) is 21.5. The first-order valence-corrected chi connectivity index (χ1v) is 10.3. The molecule has 0 radical (unpaired) electrons. The van der Waals surface area contributed by atoms with Gasteiger partial charge in [0.15, 0.2) is 0 Å². The molecule has 0 aromatic heterocycles. The Kier molecular flexibility index (Phi) is 6.14. The van der Waals surface area contributed by atoms with Crippen LogP contribution >= 0.6 is 11.6 Å². The summed E-state index contributed by atoms with van der Waals surface area (Å²) in [5.74, 6) is 0.144. The third-order valence-electron chi connectivity index (χ3n) is 5.20. The second-order valence-electron chi connectivity index (χ2n) is 7.06. The summed E-state index contributed by atoms with van der Waals surface area (Å²) in [4.78, 5) is 28.2. The first-order valence-electron chi connectivity index (χ1n) is 9.92. The lowest BCUT2D eigenvalue weighted by molar-refractivity contribution is -0.137. The van der Waals surface area contributed by atoms with E-state index >= 15 is 0 Å². The Morgan fingerprint density at radius 3 is 2.16 bits per heavy atom. The van der Waals surface area contributed by atoms with Gasteiger partial charge in [0.1, 0.15) is 17.2 Å². The lowest BCUT2D eigenvalue weighted by atomic mass is 10.0. The largest absolute Gasteiger partial charge is 0.496 e. The van der Waals surface area contributed by atoms with Crippen molar-refractivity contribution in [3.8, 4) is 11.5 Å². The SMILES string of the molecule is COc1ccccc1NC1=C(c2ccccc2OC)C(=O)N(Cc2ccccc2Cl)C1=O. The Labute approximate surface area is 191 Å². The van der Waals surface area contributed by atoms with Crippen LogP contribution in [0.25, 0.3) is 5.57 Å². The molecule has 0 fully saturated rings. The van der Waals surface area contributed by atoms with Gasteiger partial charge >= 0.3 is 0 Å². The van der Waals surface area contributed by atoms with Gasteiger partial charge in [-0.05, 0) is 29.8 Å². The third kappa shape index (κ3) is 3.92. The molecule has 0 saturated carbocycles. The van der Waals surface area contributed by atoms with Gasteiger partial charge in [-0.25, -0.2) is 0 Å². The molecule has 0 atom stereocenters. The van der Waals surface area contributed by atoms with Gasteiger partial charge in [0.05, 0.1) is 32.0 Å². The minimum atomic E-state index is -0.457. The number of amides is 2. The second-order valence-corrected chi connectivity index (χ2v) is 7.47. The third-order valence-corrected chi connectivity index (χ3v) is 5.57. The number of methoxy groups -OCH3 is 2. The number of ether oxygens (including phenoxy) is 2. The Bertz CT molecular complexity index is 1220. The van der Waals surface area contributed by atoms with Gasteiger partial charge < -0.3 is 14.8 Å². The maximum Gasteiger partial charge on any atom is 0.278 e. The van der Waals surface area contributed by atoms with Gasteiger partial charge in [-0.2, -0.15) is 0 Å². The highest BCUT2D eigenvalue weighted by Gasteiger charge is 2.40. The standard InChI is InChI=1S/C25H21ClN2O4/c1-31-20-13-7-4-10-17(20)22-23(27-19-12-6-8-14-21(19)32-2)25(30)28(24(22)29)15-16-9-3-5-11-18(16)26/h3-14,27H,15H2,1-2H3. The number of carbonyl (C=O) groups is 2. The average Bonchev–Trinajstić information content (AvgIpc) is 3.04. The summed E-state index contributed by atoms with van der Waals surface area (Å²) in [5, 5.41) is 3.61. The quantitative estimate of drug-likeness (QED) is 0.528. The number of nitrogens with zero attached hydrogens (tertiary/aromatic N) is 1. The first-order chi connectivity index (χ1) is 15.5. The zero-order chi connectivity index (χ0) is 22.7. The fraction of sp³-hybridized carbons (Fsp3) is 0.120. The Morgan fingerprint density at radius 2 is 1.44 bits per heavy atom. The van der Waals surface area contributed by atoms with Crippen LogP contribution in [-0.2, 0) is 16.1 Å². The van der Waals surface area contributed by atoms with Gasteiger partial charge in [-0.1, -0.05) is 60.1 Å². The lowest BCUT2D eigenvalue weighted by Gasteiger charge is -2.16. The van der Waals surface area contributed by atoms with Crippen LogP contribution in [0.1, 0.15) is 11.1 Å². The summed E-state index contributed by atoms with van der Waals surface area (Å²) < 4.78 is 10.9. The van der Waals surface area contributed by atoms with Crippen LogP contribution in [-0.4, -0.2) is 30.9 Å². The van der Waals surface area contributed by atoms with E-state index in [0.717, 1.165) is 0 Å². The molecule has 32 heavy (non-hydrogen) atoms. The topological polar surface area (TPSA) is 67.9 Å². The monoisotopic (exact) mass is 448 g/mol. The Balaban J connectivity index is 1.82. The van der Waals surface area contributed by atoms with Gasteiger partial charge in [0.25, 0.3) is 11.8 Å². The number of rotatable bonds is 7. The number of anilines is 1. The molecule has 7 heteroatoms. The van der Waals surface area contributed by atoms with Crippen LogP contribution in [0.4, 0.5) is 5.69 Å². The normalized spacial score (nSPS) is 13.5. The van der Waals surface area contributed by atoms with Crippen LogP contribution in [0.15, 0.2) is 78.5 Å². The lowest BCUT2D eigenvalue weighted by Crippen LogP contribution is -2.32. The van der Waals surface area contributed by atoms with E-state index in [-0.39, 0.29) is 17.8 Å². The van der Waals surface area contributed by atoms with Crippen molar-refractivity contribution in [3.63, 3.8) is 0 Å². The maximum atomic E-state index is 13.5. The fourth-order valence-corrected chi connectivity index (χ4v) is 3.81. The molecule has 3 aromatic rings. The van der Waals surface area contributed by atoms with Crippen molar-refractivity contribution in [3.05, 3.63) is 94.6 Å². The number of carbonyl (C=O) groups excluding carboxylic acids is 2. The van der Waals surface area contributed by atoms with Crippen LogP contribution in [0.5, 0.6) is 11.5 Å². The van der Waals surface area contributed by atoms with E-state index in [2.05, 4.69) is 5.32 Å². The van der Waals surface area contributed by atoms with Crippen LogP contribution < -0.4 is 14.8 Å². The highest BCUT2D eigenvalue weighted by Crippen LogP contribution is 2.37. The molecule has 162 valence electrons. The zero-order valence-corrected chi connectivity index (χ0v) is 18.3. The molecule has 2 amide bonds. The molecular weight excluding hydrogens is 428 g/mol. The molecule has 1 heterocycles. The molecule has 1 aliphatic rings. The number of hydrogen-bond acceptors (Lipinski definition) is 5. The molecule has 4 rings (SSSR count). The van der Waals surface area contributed by atoms with E-state index < -0.39 is 11.8 Å². The number of hydrogen-bond donors (Lipinski definition) is 1. The zero-order valence-electron chi connectivity index (χ0n) is 17.6. The molecule has 0 bridgehead atoms. The Hall–Kier alpha value is -3.77. The molecule has 0 unspecified atom stereocenters. The van der Waals surface area contributed by atoms with Crippen LogP contribution in [0.3, 0.4) is 0 Å². The van der Waals surface area contributed by atoms with Gasteiger partial charge in [0.2, 0.25) is 0 Å². The number of nitrogens with one attached hydrogen (secondary N) is 1. The molecular formula is C25H21ClN2O4. The smallest absolute Gasteiger partial charge is 0.278 e. The molecule has 3 aromatic carbocycles. The number of benzene rings is 3. The summed E-state index contributed by atoms with van der Waals surface area (Å²) in [6.45, 7) is 0.0487. The van der Waals surface area contributed by atoms with Crippen molar-refractivity contribution in [1.29, 1.82) is 0 Å². The van der Waals surface area contributed by atoms with E-state index in [1.54, 1.807) is 61.7 Å². The number of para-hydroxylation sites is 3. The van der Waals surface area contributed by atoms with Crippen molar-refractivity contribution >= 4 is 34.7 Å². The predicted molar refractivity (Wildman–Crippen MR) is 124 cm³/mol. The van der Waals surface area contributed by atoms with E-state index in [1.807, 2.05) is 18.2 Å². The summed E-state index contributed by atoms with van der Waals surface area (Å²) in [6.07, 6.45) is 0. The summed E-state index contributed by atoms with van der Waals surface area (Å²) in [6, 6.07) is 21.4. The van der Waals surface area contributed by atoms with Crippen molar-refractivity contribution in [1.82, 2.24) is 4.90 Å². The van der Waals surface area contributed by atoms with Gasteiger partial charge in [-0.3, -0.25) is 14.5 Å². The maximum absolute atomic E-state index is 13.5. The number of halogens is 1. The van der Waals surface area contributed by atoms with Crippen molar-refractivity contribution in [2.24, 2.45) is 0 Å². The predicted octanol–water partition coefficient (Wildman–Crippen LogP) is 4.75. The molecule has 1 N–H and O–H groups in total. The highest BCUT2D eigenvalue weighted by atomic mass is 35.5. The van der Waals surface area contributed by atoms with Crippen molar-refractivity contribution < 1.29 is 19.1 Å². The van der Waals surface area contributed by atoms with Gasteiger partial charge in [-0.15, -0.1) is 0 Å². The van der Waals surface area contributed by atoms with Crippen molar-refractivity contribution in [2.75, 3.05) is 19.5 Å². The van der Waals surface area contributed by atoms with Gasteiger partial charge in [0, 0.05) is 10.6 Å². The summed E-state index contributed by atoms with van der Waals surface area (Å²) >= 11 is 6.29. The average molecular weight is 449 g/mol. The summed E-state index contributed by atoms with van der Waals surface area (Å²) in [5.41, 5.74) is 2.14. The summed E-state index contributed by atoms with van der Waals surface area (Å²) in [7, 11) is 3.07. The van der Waals surface area contributed by atoms with E-state index in [4.69, 9.17) is 21.1 Å². The fourth-order valence-electron chi connectivity index (χ4n) is 3.62. The minimum Gasteiger partial charge on any atom is -0.496 e. The Morgan fingerprint density at radius 1 is 0.812 bits per heavy atom.